The van der Waals surface area contributed by atoms with Crippen LogP contribution in [0.1, 0.15) is 51.4 Å². The number of thiol groups is 1. The molecule has 0 aromatic carbocycles. The Bertz CT molecular complexity index is 669. The highest BCUT2D eigenvalue weighted by atomic mass is 32.2. The molecule has 4 bridgehead atoms. The van der Waals surface area contributed by atoms with Gasteiger partial charge in [-0.2, -0.15) is 12.6 Å². The molecule has 3 amide bonds. The van der Waals surface area contributed by atoms with Gasteiger partial charge in [0.15, 0.2) is 0 Å². The van der Waals surface area contributed by atoms with Crippen LogP contribution in [0.25, 0.3) is 0 Å². The predicted octanol–water partition coefficient (Wildman–Crippen LogP) is 2.29. The molecule has 4 saturated carbocycles. The Labute approximate surface area is 200 Å². The molecule has 1 unspecified atom stereocenters. The van der Waals surface area contributed by atoms with Gasteiger partial charge in [-0.1, -0.05) is 0 Å². The van der Waals surface area contributed by atoms with Gasteiger partial charge in [0, 0.05) is 29.9 Å². The van der Waals surface area contributed by atoms with Crippen molar-refractivity contribution >= 4 is 42.1 Å². The monoisotopic (exact) mass is 484 g/mol. The minimum atomic E-state index is -0.212. The third kappa shape index (κ3) is 6.02. The lowest BCUT2D eigenvalue weighted by molar-refractivity contribution is -0.139. The number of ether oxygens (including phenoxy) is 2. The van der Waals surface area contributed by atoms with Gasteiger partial charge < -0.3 is 14.8 Å². The first-order valence-electron chi connectivity index (χ1n) is 12.0. The summed E-state index contributed by atoms with van der Waals surface area (Å²) in [5, 5.41) is 2.52. The van der Waals surface area contributed by atoms with E-state index >= 15 is 0 Å². The maximum absolute atomic E-state index is 12.9. The molecule has 1 N–H and O–H groups in total. The van der Waals surface area contributed by atoms with Crippen LogP contribution in [0, 0.1) is 17.8 Å². The molecular formula is C23H36N2O5S2. The minimum Gasteiger partial charge on any atom is -0.379 e. The number of amides is 3. The van der Waals surface area contributed by atoms with E-state index in [1.165, 1.54) is 43.4 Å². The predicted molar refractivity (Wildman–Crippen MR) is 127 cm³/mol. The highest BCUT2D eigenvalue weighted by Gasteiger charge is 2.54. The van der Waals surface area contributed by atoms with Crippen molar-refractivity contribution in [1.29, 1.82) is 0 Å². The molecule has 0 aromatic heterocycles. The molecule has 1 saturated heterocycles. The summed E-state index contributed by atoms with van der Waals surface area (Å²) in [4.78, 5) is 38.3. The summed E-state index contributed by atoms with van der Waals surface area (Å²) < 4.78 is 11.2. The summed E-state index contributed by atoms with van der Waals surface area (Å²) in [5.74, 6) is 3.00. The SMILES string of the molecule is O=C(CCOCCOCCN1C(=O)CC(SC23CC4CC(CC(C4)C2)C3)C1=O)NCCS. The first-order valence-corrected chi connectivity index (χ1v) is 13.5. The van der Waals surface area contributed by atoms with Crippen LogP contribution in [0.2, 0.25) is 0 Å². The molecule has 9 heteroatoms. The van der Waals surface area contributed by atoms with Crippen molar-refractivity contribution in [2.75, 3.05) is 45.3 Å². The van der Waals surface area contributed by atoms with Crippen LogP contribution in [-0.4, -0.2) is 77.9 Å². The molecule has 5 rings (SSSR count). The molecule has 1 atom stereocenters. The molecule has 5 aliphatic rings. The zero-order valence-electron chi connectivity index (χ0n) is 18.8. The molecule has 0 aromatic rings. The average Bonchev–Trinajstić information content (AvgIpc) is 2.99. The number of thioether (sulfide) groups is 1. The van der Waals surface area contributed by atoms with Gasteiger partial charge in [-0.15, -0.1) is 11.8 Å². The fourth-order valence-electron chi connectivity index (χ4n) is 6.38. The van der Waals surface area contributed by atoms with E-state index in [0.29, 0.717) is 58.1 Å². The van der Waals surface area contributed by atoms with Crippen molar-refractivity contribution in [1.82, 2.24) is 10.2 Å². The zero-order valence-corrected chi connectivity index (χ0v) is 20.5. The van der Waals surface area contributed by atoms with Crippen LogP contribution in [0.5, 0.6) is 0 Å². The minimum absolute atomic E-state index is 0.0252. The van der Waals surface area contributed by atoms with Crippen LogP contribution < -0.4 is 5.32 Å². The van der Waals surface area contributed by atoms with E-state index in [-0.39, 0.29) is 27.7 Å². The fraction of sp³-hybridized carbons (Fsp3) is 0.870. The smallest absolute Gasteiger partial charge is 0.242 e. The van der Waals surface area contributed by atoms with E-state index in [9.17, 15) is 14.4 Å². The lowest BCUT2D eigenvalue weighted by Gasteiger charge is -2.56. The Hall–Kier alpha value is -0.770. The number of hydrogen-bond acceptors (Lipinski definition) is 7. The summed E-state index contributed by atoms with van der Waals surface area (Å²) in [6.07, 6.45) is 8.51. The molecule has 4 aliphatic carbocycles. The Morgan fingerprint density at radius 1 is 1.03 bits per heavy atom. The van der Waals surface area contributed by atoms with Crippen molar-refractivity contribution in [3.63, 3.8) is 0 Å². The maximum atomic E-state index is 12.9. The lowest BCUT2D eigenvalue weighted by Crippen LogP contribution is -2.49. The molecule has 0 spiro atoms. The highest BCUT2D eigenvalue weighted by Crippen LogP contribution is 2.61. The largest absolute Gasteiger partial charge is 0.379 e. The molecule has 5 fully saturated rings. The maximum Gasteiger partial charge on any atom is 0.242 e. The number of carbonyl (C=O) groups is 3. The highest BCUT2D eigenvalue weighted by molar-refractivity contribution is 8.02. The van der Waals surface area contributed by atoms with Crippen LogP contribution in [0.15, 0.2) is 0 Å². The Morgan fingerprint density at radius 3 is 2.28 bits per heavy atom. The van der Waals surface area contributed by atoms with Crippen molar-refractivity contribution in [3.8, 4) is 0 Å². The standard InChI is InChI=1S/C23H36N2O5S2/c26-20(24-2-8-31)1-4-29-6-7-30-5-3-25-21(27)12-19(22(25)28)32-23-13-16-9-17(14-23)11-18(10-16)15-23/h16-19,31H,1-15H2,(H,24,26). The van der Waals surface area contributed by atoms with Gasteiger partial charge in [-0.3, -0.25) is 19.3 Å². The van der Waals surface area contributed by atoms with Crippen LogP contribution >= 0.6 is 24.4 Å². The number of nitrogens with one attached hydrogen (secondary N) is 1. The second kappa shape index (κ2) is 11.1. The van der Waals surface area contributed by atoms with E-state index in [1.807, 2.05) is 11.8 Å². The second-order valence-corrected chi connectivity index (χ2v) is 12.0. The molecule has 7 nitrogen and oxygen atoms in total. The van der Waals surface area contributed by atoms with Crippen LogP contribution in [-0.2, 0) is 23.9 Å². The van der Waals surface area contributed by atoms with Crippen molar-refractivity contribution in [2.24, 2.45) is 17.8 Å². The first kappa shape index (κ1) is 24.4. The molecule has 180 valence electrons. The average molecular weight is 485 g/mol. The number of likely N-dealkylation sites (tertiary alicyclic amines) is 1. The van der Waals surface area contributed by atoms with E-state index in [1.54, 1.807) is 0 Å². The zero-order chi connectivity index (χ0) is 22.6. The van der Waals surface area contributed by atoms with Crippen molar-refractivity contribution in [3.05, 3.63) is 0 Å². The third-order valence-corrected chi connectivity index (χ3v) is 9.19. The first-order chi connectivity index (χ1) is 15.5. The van der Waals surface area contributed by atoms with E-state index < -0.39 is 0 Å². The van der Waals surface area contributed by atoms with E-state index in [0.717, 1.165) is 17.8 Å². The van der Waals surface area contributed by atoms with Gasteiger partial charge >= 0.3 is 0 Å². The summed E-state index contributed by atoms with van der Waals surface area (Å²) in [7, 11) is 0. The van der Waals surface area contributed by atoms with Gasteiger partial charge in [0.05, 0.1) is 38.2 Å². The van der Waals surface area contributed by atoms with Gasteiger partial charge in [0.25, 0.3) is 0 Å². The number of hydrogen-bond donors (Lipinski definition) is 2. The summed E-state index contributed by atoms with van der Waals surface area (Å²) in [6, 6.07) is 0. The number of nitrogens with zero attached hydrogens (tertiary/aromatic N) is 1. The molecule has 32 heavy (non-hydrogen) atoms. The third-order valence-electron chi connectivity index (χ3n) is 7.32. The number of carbonyl (C=O) groups excluding carboxylic acids is 3. The molecule has 0 radical (unpaired) electrons. The summed E-state index contributed by atoms with van der Waals surface area (Å²) in [5.41, 5.74) is 0. The van der Waals surface area contributed by atoms with Crippen LogP contribution in [0.4, 0.5) is 0 Å². The van der Waals surface area contributed by atoms with Crippen molar-refractivity contribution < 1.29 is 23.9 Å². The quantitative estimate of drug-likeness (QED) is 0.237. The lowest BCUT2D eigenvalue weighted by atomic mass is 9.56. The molecular weight excluding hydrogens is 448 g/mol. The normalized spacial score (nSPS) is 33.3. The van der Waals surface area contributed by atoms with Gasteiger partial charge in [0.2, 0.25) is 17.7 Å². The van der Waals surface area contributed by atoms with E-state index in [2.05, 4.69) is 17.9 Å². The second-order valence-electron chi connectivity index (χ2n) is 9.84. The fourth-order valence-corrected chi connectivity index (χ4v) is 8.55. The summed E-state index contributed by atoms with van der Waals surface area (Å²) >= 11 is 5.87. The Morgan fingerprint density at radius 2 is 1.66 bits per heavy atom. The Kier molecular flexibility index (Phi) is 8.45. The van der Waals surface area contributed by atoms with Gasteiger partial charge in [-0.05, 0) is 56.3 Å². The van der Waals surface area contributed by atoms with Crippen molar-refractivity contribution in [2.45, 2.75) is 61.4 Å². The topological polar surface area (TPSA) is 84.9 Å². The van der Waals surface area contributed by atoms with E-state index in [4.69, 9.17) is 9.47 Å². The van der Waals surface area contributed by atoms with Gasteiger partial charge in [-0.25, -0.2) is 0 Å². The molecule has 1 heterocycles. The number of rotatable bonds is 13. The Balaban J connectivity index is 1.11. The van der Waals surface area contributed by atoms with Gasteiger partial charge in [0.1, 0.15) is 0 Å². The van der Waals surface area contributed by atoms with Crippen LogP contribution in [0.3, 0.4) is 0 Å². The summed E-state index contributed by atoms with van der Waals surface area (Å²) in [6.45, 7) is 2.28. The number of imide groups is 1. The molecule has 1 aliphatic heterocycles.